The normalized spacial score (nSPS) is 18.4. The number of carbonyl (C=O) groups is 1. The second-order valence-corrected chi connectivity index (χ2v) is 6.70. The maximum Gasteiger partial charge on any atom is 0.254 e. The van der Waals surface area contributed by atoms with Crippen molar-refractivity contribution in [2.24, 2.45) is 5.92 Å². The van der Waals surface area contributed by atoms with Gasteiger partial charge in [-0.1, -0.05) is 28.9 Å². The third-order valence-corrected chi connectivity index (χ3v) is 4.76. The topological polar surface area (TPSA) is 40.5 Å². The van der Waals surface area contributed by atoms with Gasteiger partial charge in [0, 0.05) is 29.0 Å². The fourth-order valence-electron chi connectivity index (χ4n) is 2.59. The van der Waals surface area contributed by atoms with E-state index in [1.807, 2.05) is 4.90 Å². The predicted molar refractivity (Wildman–Crippen MR) is 79.9 cm³/mol. The van der Waals surface area contributed by atoms with Crippen LogP contribution in [0, 0.1) is 12.8 Å². The van der Waals surface area contributed by atoms with Crippen molar-refractivity contribution in [1.29, 1.82) is 0 Å². The number of hydrogen-bond acceptors (Lipinski definition) is 2. The van der Waals surface area contributed by atoms with Crippen LogP contribution in [0.5, 0.6) is 5.75 Å². The van der Waals surface area contributed by atoms with Gasteiger partial charge in [-0.05, 0) is 37.8 Å². The van der Waals surface area contributed by atoms with Crippen molar-refractivity contribution in [3.05, 3.63) is 29.3 Å². The number of aromatic hydroxyl groups is 1. The molecule has 19 heavy (non-hydrogen) atoms. The number of likely N-dealkylation sites (tertiary alicyclic amines) is 1. The van der Waals surface area contributed by atoms with Gasteiger partial charge in [-0.2, -0.15) is 0 Å². The number of halogens is 1. The standard InChI is InChI=1S/C15H20BrNO2/c1-10-13(4-3-5-14(10)18)15(19)17-8-6-12(7-9-17)11(2)16/h3-5,11-12,18H,6-9H2,1-2H3. The van der Waals surface area contributed by atoms with Gasteiger partial charge in [0.15, 0.2) is 0 Å². The highest BCUT2D eigenvalue weighted by molar-refractivity contribution is 9.09. The van der Waals surface area contributed by atoms with Crippen molar-refractivity contribution in [3.8, 4) is 5.75 Å². The van der Waals surface area contributed by atoms with Gasteiger partial charge in [0.05, 0.1) is 0 Å². The smallest absolute Gasteiger partial charge is 0.254 e. The van der Waals surface area contributed by atoms with Crippen LogP contribution in [-0.2, 0) is 0 Å². The summed E-state index contributed by atoms with van der Waals surface area (Å²) in [4.78, 5) is 14.9. The lowest BCUT2D eigenvalue weighted by Crippen LogP contribution is -2.40. The molecule has 1 aromatic carbocycles. The number of benzene rings is 1. The summed E-state index contributed by atoms with van der Waals surface area (Å²) in [6.07, 6.45) is 2.08. The summed E-state index contributed by atoms with van der Waals surface area (Å²) < 4.78 is 0. The highest BCUT2D eigenvalue weighted by Crippen LogP contribution is 2.27. The minimum Gasteiger partial charge on any atom is -0.508 e. The third kappa shape index (κ3) is 3.11. The van der Waals surface area contributed by atoms with Crippen molar-refractivity contribution in [1.82, 2.24) is 4.90 Å². The van der Waals surface area contributed by atoms with Crippen LogP contribution in [0.4, 0.5) is 0 Å². The Labute approximate surface area is 122 Å². The first-order valence-corrected chi connectivity index (χ1v) is 7.64. The molecule has 1 fully saturated rings. The Hall–Kier alpha value is -1.03. The Balaban J connectivity index is 2.07. The van der Waals surface area contributed by atoms with Gasteiger partial charge >= 0.3 is 0 Å². The molecule has 0 spiro atoms. The Kier molecular flexibility index (Phi) is 4.50. The lowest BCUT2D eigenvalue weighted by molar-refractivity contribution is 0.0690. The molecule has 3 nitrogen and oxygen atoms in total. The molecule has 0 bridgehead atoms. The number of nitrogens with zero attached hydrogens (tertiary/aromatic N) is 1. The molecule has 1 aromatic rings. The molecule has 1 heterocycles. The molecule has 0 radical (unpaired) electrons. The van der Waals surface area contributed by atoms with E-state index in [9.17, 15) is 9.90 Å². The van der Waals surface area contributed by atoms with E-state index in [0.717, 1.165) is 25.9 Å². The highest BCUT2D eigenvalue weighted by atomic mass is 79.9. The van der Waals surface area contributed by atoms with Crippen molar-refractivity contribution in [2.45, 2.75) is 31.5 Å². The zero-order chi connectivity index (χ0) is 14.0. The number of carbonyl (C=O) groups excluding carboxylic acids is 1. The van der Waals surface area contributed by atoms with Crippen LogP contribution in [0.1, 0.15) is 35.7 Å². The molecule has 1 aliphatic heterocycles. The maximum atomic E-state index is 12.5. The molecule has 0 saturated carbocycles. The average Bonchev–Trinajstić information content (AvgIpc) is 2.41. The highest BCUT2D eigenvalue weighted by Gasteiger charge is 2.26. The lowest BCUT2D eigenvalue weighted by atomic mass is 9.93. The third-order valence-electron chi connectivity index (χ3n) is 4.01. The van der Waals surface area contributed by atoms with Gasteiger partial charge in [0.1, 0.15) is 5.75 Å². The Morgan fingerprint density at radius 2 is 2.05 bits per heavy atom. The number of rotatable bonds is 2. The molecular formula is C15H20BrNO2. The van der Waals surface area contributed by atoms with Crippen LogP contribution in [0.25, 0.3) is 0 Å². The van der Waals surface area contributed by atoms with Crippen LogP contribution in [0.3, 0.4) is 0 Å². The molecule has 1 N–H and O–H groups in total. The molecule has 1 aliphatic rings. The summed E-state index contributed by atoms with van der Waals surface area (Å²) in [7, 11) is 0. The summed E-state index contributed by atoms with van der Waals surface area (Å²) in [6, 6.07) is 5.13. The molecule has 1 saturated heterocycles. The van der Waals surface area contributed by atoms with Crippen LogP contribution in [-0.4, -0.2) is 33.8 Å². The summed E-state index contributed by atoms with van der Waals surface area (Å²) in [5, 5.41) is 9.69. The monoisotopic (exact) mass is 325 g/mol. The van der Waals surface area contributed by atoms with Gasteiger partial charge in [-0.15, -0.1) is 0 Å². The Bertz CT molecular complexity index is 465. The minimum absolute atomic E-state index is 0.0362. The van der Waals surface area contributed by atoms with Crippen LogP contribution in [0.2, 0.25) is 0 Å². The Morgan fingerprint density at radius 1 is 1.42 bits per heavy atom. The second kappa shape index (κ2) is 5.95. The van der Waals surface area contributed by atoms with Gasteiger partial charge in [-0.25, -0.2) is 0 Å². The van der Waals surface area contributed by atoms with Crippen LogP contribution >= 0.6 is 15.9 Å². The number of hydrogen-bond donors (Lipinski definition) is 1. The maximum absolute atomic E-state index is 12.5. The van der Waals surface area contributed by atoms with Gasteiger partial charge in [0.25, 0.3) is 5.91 Å². The average molecular weight is 326 g/mol. The van der Waals surface area contributed by atoms with Gasteiger partial charge in [-0.3, -0.25) is 4.79 Å². The van der Waals surface area contributed by atoms with E-state index in [1.54, 1.807) is 25.1 Å². The summed E-state index contributed by atoms with van der Waals surface area (Å²) >= 11 is 3.62. The minimum atomic E-state index is 0.0362. The molecule has 1 atom stereocenters. The van der Waals surface area contributed by atoms with E-state index in [0.29, 0.717) is 21.9 Å². The summed E-state index contributed by atoms with van der Waals surface area (Å²) in [6.45, 7) is 5.56. The van der Waals surface area contributed by atoms with Gasteiger partial charge < -0.3 is 10.0 Å². The number of phenolic OH excluding ortho intramolecular Hbond substituents is 1. The summed E-state index contributed by atoms with van der Waals surface area (Å²) in [5.74, 6) is 0.873. The predicted octanol–water partition coefficient (Wildman–Crippen LogP) is 3.34. The molecule has 2 rings (SSSR count). The second-order valence-electron chi connectivity index (χ2n) is 5.26. The summed E-state index contributed by atoms with van der Waals surface area (Å²) in [5.41, 5.74) is 1.29. The zero-order valence-corrected chi connectivity index (χ0v) is 13.0. The number of piperidine rings is 1. The molecule has 4 heteroatoms. The fourth-order valence-corrected chi connectivity index (χ4v) is 3.12. The van der Waals surface area contributed by atoms with E-state index in [2.05, 4.69) is 22.9 Å². The zero-order valence-electron chi connectivity index (χ0n) is 11.4. The van der Waals surface area contributed by atoms with E-state index >= 15 is 0 Å². The first kappa shape index (κ1) is 14.4. The number of alkyl halides is 1. The lowest BCUT2D eigenvalue weighted by Gasteiger charge is -2.33. The van der Waals surface area contributed by atoms with Crippen molar-refractivity contribution < 1.29 is 9.90 Å². The van der Waals surface area contributed by atoms with E-state index in [-0.39, 0.29) is 11.7 Å². The molecule has 0 aromatic heterocycles. The van der Waals surface area contributed by atoms with Gasteiger partial charge in [0.2, 0.25) is 0 Å². The fraction of sp³-hybridized carbons (Fsp3) is 0.533. The van der Waals surface area contributed by atoms with E-state index < -0.39 is 0 Å². The number of phenols is 1. The largest absolute Gasteiger partial charge is 0.508 e. The Morgan fingerprint density at radius 3 is 2.63 bits per heavy atom. The van der Waals surface area contributed by atoms with E-state index in [4.69, 9.17) is 0 Å². The molecule has 104 valence electrons. The first-order chi connectivity index (χ1) is 9.00. The first-order valence-electron chi connectivity index (χ1n) is 6.72. The molecule has 0 aliphatic carbocycles. The van der Waals surface area contributed by atoms with Crippen molar-refractivity contribution in [3.63, 3.8) is 0 Å². The van der Waals surface area contributed by atoms with Crippen LogP contribution < -0.4 is 0 Å². The van der Waals surface area contributed by atoms with E-state index in [1.165, 1.54) is 0 Å². The van der Waals surface area contributed by atoms with Crippen molar-refractivity contribution >= 4 is 21.8 Å². The molecular weight excluding hydrogens is 306 g/mol. The number of amides is 1. The SMILES string of the molecule is Cc1c(O)cccc1C(=O)N1CCC(C(C)Br)CC1. The quantitative estimate of drug-likeness (QED) is 0.847. The van der Waals surface area contributed by atoms with Crippen LogP contribution in [0.15, 0.2) is 18.2 Å². The van der Waals surface area contributed by atoms with Crippen molar-refractivity contribution in [2.75, 3.05) is 13.1 Å². The molecule has 1 unspecified atom stereocenters. The molecule has 1 amide bonds.